The first-order chi connectivity index (χ1) is 17.0. The van der Waals surface area contributed by atoms with Crippen LogP contribution < -0.4 is 15.6 Å². The monoisotopic (exact) mass is 474 g/mol. The predicted octanol–water partition coefficient (Wildman–Crippen LogP) is 5.86. The molecule has 0 saturated heterocycles. The molecule has 5 nitrogen and oxygen atoms in total. The molecule has 0 aliphatic carbocycles. The van der Waals surface area contributed by atoms with Crippen LogP contribution in [0.4, 0.5) is 4.39 Å². The van der Waals surface area contributed by atoms with E-state index in [-0.39, 0.29) is 17.4 Å². The van der Waals surface area contributed by atoms with E-state index in [9.17, 15) is 9.18 Å². The minimum absolute atomic E-state index is 0.0229. The molecule has 0 amide bonds. The largest absolute Gasteiger partial charge is 0.457 e. The Morgan fingerprint density at radius 3 is 2.49 bits per heavy atom. The normalized spacial score (nSPS) is 12.1. The van der Waals surface area contributed by atoms with Gasteiger partial charge in [0.1, 0.15) is 17.3 Å². The summed E-state index contributed by atoms with van der Waals surface area (Å²) < 4.78 is 26.5. The lowest BCUT2D eigenvalue weighted by Crippen LogP contribution is -2.29. The van der Waals surface area contributed by atoms with Gasteiger partial charge in [-0.05, 0) is 80.2 Å². The van der Waals surface area contributed by atoms with Gasteiger partial charge in [-0.25, -0.2) is 4.39 Å². The lowest BCUT2D eigenvalue weighted by atomic mass is 10.1. The van der Waals surface area contributed by atoms with E-state index in [1.165, 1.54) is 12.1 Å². The Labute approximate surface area is 205 Å². The highest BCUT2D eigenvalue weighted by Crippen LogP contribution is 2.25. The first-order valence-electron chi connectivity index (χ1n) is 12.0. The summed E-state index contributed by atoms with van der Waals surface area (Å²) in [6, 6.07) is 23.9. The molecule has 6 heteroatoms. The molecule has 0 radical (unpaired) electrons. The summed E-state index contributed by atoms with van der Waals surface area (Å²) in [7, 11) is 0. The van der Waals surface area contributed by atoms with Gasteiger partial charge in [0.05, 0.1) is 12.1 Å². The van der Waals surface area contributed by atoms with Crippen LogP contribution in [0.25, 0.3) is 10.9 Å². The maximum Gasteiger partial charge on any atom is 0.254 e. The van der Waals surface area contributed by atoms with Crippen LogP contribution in [0.1, 0.15) is 31.0 Å². The van der Waals surface area contributed by atoms with Crippen molar-refractivity contribution in [2.75, 3.05) is 19.8 Å². The highest BCUT2D eigenvalue weighted by molar-refractivity contribution is 5.81. The molecule has 0 spiro atoms. The molecule has 1 N–H and O–H groups in total. The molecule has 3 aromatic carbocycles. The highest BCUT2D eigenvalue weighted by Gasteiger charge is 2.12. The second-order valence-electron chi connectivity index (χ2n) is 8.44. The Balaban J connectivity index is 1.56. The van der Waals surface area contributed by atoms with Crippen LogP contribution in [-0.4, -0.2) is 24.3 Å². The zero-order valence-corrected chi connectivity index (χ0v) is 20.2. The molecule has 4 aromatic rings. The fourth-order valence-corrected chi connectivity index (χ4v) is 4.09. The summed E-state index contributed by atoms with van der Waals surface area (Å²) in [6.07, 6.45) is 0.581. The maximum atomic E-state index is 13.4. The van der Waals surface area contributed by atoms with Crippen LogP contribution in [-0.2, 0) is 17.7 Å². The van der Waals surface area contributed by atoms with Crippen molar-refractivity contribution in [2.45, 2.75) is 32.9 Å². The van der Waals surface area contributed by atoms with Crippen molar-refractivity contribution in [3.63, 3.8) is 0 Å². The van der Waals surface area contributed by atoms with Crippen molar-refractivity contribution in [2.24, 2.45) is 0 Å². The number of benzene rings is 3. The van der Waals surface area contributed by atoms with Gasteiger partial charge in [-0.15, -0.1) is 0 Å². The number of hydrogen-bond acceptors (Lipinski definition) is 4. The van der Waals surface area contributed by atoms with E-state index in [0.717, 1.165) is 27.8 Å². The van der Waals surface area contributed by atoms with Crippen molar-refractivity contribution < 1.29 is 13.9 Å². The topological polar surface area (TPSA) is 52.5 Å². The minimum atomic E-state index is -0.248. The van der Waals surface area contributed by atoms with Gasteiger partial charge in [-0.1, -0.05) is 30.3 Å². The summed E-state index contributed by atoms with van der Waals surface area (Å²) in [6.45, 7) is 6.11. The molecule has 1 atom stereocenters. The van der Waals surface area contributed by atoms with Crippen molar-refractivity contribution in [1.29, 1.82) is 0 Å². The molecule has 1 aromatic heterocycles. The van der Waals surface area contributed by atoms with Crippen LogP contribution in [0, 0.1) is 5.82 Å². The fraction of sp³-hybridized carbons (Fsp3) is 0.276. The summed E-state index contributed by atoms with van der Waals surface area (Å²) in [5.41, 5.74) is 2.54. The number of nitrogens with one attached hydrogen (secondary N) is 1. The Morgan fingerprint density at radius 1 is 0.971 bits per heavy atom. The molecule has 1 unspecified atom stereocenters. The van der Waals surface area contributed by atoms with E-state index in [2.05, 4.69) is 5.32 Å². The molecule has 4 rings (SSSR count). The minimum Gasteiger partial charge on any atom is -0.457 e. The van der Waals surface area contributed by atoms with Gasteiger partial charge in [0, 0.05) is 30.8 Å². The van der Waals surface area contributed by atoms with E-state index >= 15 is 0 Å². The third-order valence-electron chi connectivity index (χ3n) is 6.00. The number of para-hydroxylation sites is 1. The lowest BCUT2D eigenvalue weighted by Gasteiger charge is -2.16. The zero-order valence-electron chi connectivity index (χ0n) is 20.2. The smallest absolute Gasteiger partial charge is 0.254 e. The van der Waals surface area contributed by atoms with E-state index in [4.69, 9.17) is 9.47 Å². The fourth-order valence-electron chi connectivity index (χ4n) is 4.09. The SMILES string of the molecule is CCOCCn1c(=O)c(CCNC(C)c2ccc(F)cc2)cc2ccc(Oc3ccccc3)cc21. The average Bonchev–Trinajstić information content (AvgIpc) is 2.87. The Bertz CT molecular complexity index is 1300. The number of aromatic nitrogens is 1. The lowest BCUT2D eigenvalue weighted by molar-refractivity contribution is 0.139. The van der Waals surface area contributed by atoms with Gasteiger partial charge in [0.25, 0.3) is 5.56 Å². The van der Waals surface area contributed by atoms with Crippen LogP contribution >= 0.6 is 0 Å². The number of pyridine rings is 1. The van der Waals surface area contributed by atoms with Crippen LogP contribution in [0.15, 0.2) is 83.7 Å². The van der Waals surface area contributed by atoms with Crippen molar-refractivity contribution in [1.82, 2.24) is 9.88 Å². The quantitative estimate of drug-likeness (QED) is 0.277. The average molecular weight is 475 g/mol. The Kier molecular flexibility index (Phi) is 8.29. The van der Waals surface area contributed by atoms with Crippen LogP contribution in [0.3, 0.4) is 0 Å². The van der Waals surface area contributed by atoms with Crippen molar-refractivity contribution in [3.8, 4) is 11.5 Å². The van der Waals surface area contributed by atoms with Gasteiger partial charge >= 0.3 is 0 Å². The first-order valence-corrected chi connectivity index (χ1v) is 12.0. The van der Waals surface area contributed by atoms with E-state index in [1.54, 1.807) is 16.7 Å². The molecule has 1 heterocycles. The molecule has 0 aliphatic rings. The second-order valence-corrected chi connectivity index (χ2v) is 8.44. The Morgan fingerprint density at radius 2 is 1.74 bits per heavy atom. The van der Waals surface area contributed by atoms with Gasteiger partial charge in [-0.2, -0.15) is 0 Å². The third kappa shape index (κ3) is 6.35. The van der Waals surface area contributed by atoms with Crippen molar-refractivity contribution in [3.05, 3.63) is 106 Å². The molecule has 0 saturated carbocycles. The van der Waals surface area contributed by atoms with E-state index in [0.29, 0.717) is 38.5 Å². The highest BCUT2D eigenvalue weighted by atomic mass is 19.1. The third-order valence-corrected chi connectivity index (χ3v) is 6.00. The maximum absolute atomic E-state index is 13.4. The molecule has 182 valence electrons. The van der Waals surface area contributed by atoms with E-state index < -0.39 is 0 Å². The summed E-state index contributed by atoms with van der Waals surface area (Å²) in [5.74, 6) is 1.17. The van der Waals surface area contributed by atoms with Gasteiger partial charge in [0.15, 0.2) is 0 Å². The van der Waals surface area contributed by atoms with Gasteiger partial charge in [0.2, 0.25) is 0 Å². The number of rotatable bonds is 11. The van der Waals surface area contributed by atoms with Gasteiger partial charge in [-0.3, -0.25) is 4.79 Å². The summed E-state index contributed by atoms with van der Waals surface area (Å²) in [4.78, 5) is 13.4. The molecular weight excluding hydrogens is 443 g/mol. The number of halogens is 1. The first kappa shape index (κ1) is 24.6. The zero-order chi connectivity index (χ0) is 24.6. The molecule has 0 fully saturated rings. The molecular formula is C29H31FN2O3. The predicted molar refractivity (Wildman–Crippen MR) is 138 cm³/mol. The number of nitrogens with zero attached hydrogens (tertiary/aromatic N) is 1. The van der Waals surface area contributed by atoms with Crippen molar-refractivity contribution >= 4 is 10.9 Å². The van der Waals surface area contributed by atoms with Crippen LogP contribution in [0.5, 0.6) is 11.5 Å². The molecule has 0 aliphatic heterocycles. The Hall–Kier alpha value is -3.48. The number of fused-ring (bicyclic) bond motifs is 1. The summed E-state index contributed by atoms with van der Waals surface area (Å²) in [5, 5.41) is 4.41. The van der Waals surface area contributed by atoms with Gasteiger partial charge < -0.3 is 19.4 Å². The number of ether oxygens (including phenoxy) is 2. The number of hydrogen-bond donors (Lipinski definition) is 1. The summed E-state index contributed by atoms with van der Waals surface area (Å²) >= 11 is 0. The second kappa shape index (κ2) is 11.8. The van der Waals surface area contributed by atoms with Crippen LogP contribution in [0.2, 0.25) is 0 Å². The van der Waals surface area contributed by atoms with E-state index in [1.807, 2.05) is 68.4 Å². The molecule has 0 bridgehead atoms. The standard InChI is InChI=1S/C29H31FN2O3/c1-3-34-18-17-32-28-20-27(35-26-7-5-4-6-8-26)14-11-23(28)19-24(29(32)33)15-16-31-21(2)22-9-12-25(30)13-10-22/h4-14,19-21,31H,3,15-18H2,1-2H3. The molecule has 35 heavy (non-hydrogen) atoms.